The van der Waals surface area contributed by atoms with Gasteiger partial charge in [0.1, 0.15) is 23.0 Å². The summed E-state index contributed by atoms with van der Waals surface area (Å²) < 4.78 is 15.2. The second kappa shape index (κ2) is 10.9. The Balaban J connectivity index is 1.16. The van der Waals surface area contributed by atoms with E-state index in [0.29, 0.717) is 34.8 Å². The highest BCUT2D eigenvalue weighted by Gasteiger charge is 2.39. The Labute approximate surface area is 239 Å². The lowest BCUT2D eigenvalue weighted by atomic mass is 9.95. The highest BCUT2D eigenvalue weighted by Crippen LogP contribution is 2.31. The number of pyridine rings is 1. The topological polar surface area (TPSA) is 110 Å². The van der Waals surface area contributed by atoms with Crippen LogP contribution in [0.4, 0.5) is 5.82 Å². The number of hydrogen-bond acceptors (Lipinski definition) is 9. The Kier molecular flexibility index (Phi) is 6.90. The molecule has 2 atom stereocenters. The minimum Gasteiger partial charge on any atom is -0.381 e. The Morgan fingerprint density at radius 2 is 1.78 bits per heavy atom. The number of hydrogen-bond donors (Lipinski definition) is 0. The molecule has 212 valence electrons. The maximum absolute atomic E-state index is 9.78. The summed E-state index contributed by atoms with van der Waals surface area (Å²) in [6, 6.07) is 7.36. The molecule has 4 aromatic rings. The van der Waals surface area contributed by atoms with Gasteiger partial charge in [-0.1, -0.05) is 0 Å². The third kappa shape index (κ3) is 4.96. The van der Waals surface area contributed by atoms with Crippen LogP contribution in [0.1, 0.15) is 38.3 Å². The molecule has 11 nitrogen and oxygen atoms in total. The van der Waals surface area contributed by atoms with Crippen LogP contribution in [0.15, 0.2) is 43.1 Å². The van der Waals surface area contributed by atoms with Crippen molar-refractivity contribution in [3.8, 4) is 28.6 Å². The third-order valence-corrected chi connectivity index (χ3v) is 8.62. The van der Waals surface area contributed by atoms with Crippen LogP contribution < -0.4 is 4.90 Å². The summed E-state index contributed by atoms with van der Waals surface area (Å²) in [6.45, 7) is 10.4. The summed E-state index contributed by atoms with van der Waals surface area (Å²) in [4.78, 5) is 15.0. The number of nitrogens with zero attached hydrogens (tertiary/aromatic N) is 9. The van der Waals surface area contributed by atoms with Crippen molar-refractivity contribution in [1.82, 2.24) is 34.3 Å². The first-order valence-electron chi connectivity index (χ1n) is 14.5. The van der Waals surface area contributed by atoms with Crippen molar-refractivity contribution >= 4 is 11.3 Å². The predicted octanol–water partition coefficient (Wildman–Crippen LogP) is 3.42. The van der Waals surface area contributed by atoms with E-state index in [1.165, 1.54) is 0 Å². The van der Waals surface area contributed by atoms with Crippen molar-refractivity contribution in [3.63, 3.8) is 0 Å². The minimum atomic E-state index is 0.244. The van der Waals surface area contributed by atoms with Crippen molar-refractivity contribution in [3.05, 3.63) is 48.7 Å². The first-order chi connectivity index (χ1) is 20.1. The maximum atomic E-state index is 9.78. The predicted molar refractivity (Wildman–Crippen MR) is 153 cm³/mol. The van der Waals surface area contributed by atoms with E-state index in [-0.39, 0.29) is 6.04 Å². The number of rotatable bonds is 6. The summed E-state index contributed by atoms with van der Waals surface area (Å²) in [6.07, 6.45) is 11.4. The molecule has 41 heavy (non-hydrogen) atoms. The smallest absolute Gasteiger partial charge is 0.128 e. The molecule has 0 amide bonds. The molecule has 0 N–H and O–H groups in total. The number of nitriles is 1. The van der Waals surface area contributed by atoms with Gasteiger partial charge < -0.3 is 14.4 Å². The van der Waals surface area contributed by atoms with Crippen LogP contribution in [-0.2, 0) is 9.47 Å². The minimum absolute atomic E-state index is 0.244. The lowest BCUT2D eigenvalue weighted by molar-refractivity contribution is -0.0704. The normalized spacial score (nSPS) is 22.0. The van der Waals surface area contributed by atoms with Crippen LogP contribution in [-0.4, -0.2) is 92.4 Å². The van der Waals surface area contributed by atoms with Crippen LogP contribution in [0.3, 0.4) is 0 Å². The number of anilines is 1. The molecule has 0 aliphatic carbocycles. The Morgan fingerprint density at radius 1 is 0.976 bits per heavy atom. The Morgan fingerprint density at radius 3 is 2.46 bits per heavy atom. The zero-order chi connectivity index (χ0) is 27.9. The van der Waals surface area contributed by atoms with Gasteiger partial charge in [-0.2, -0.15) is 15.5 Å². The van der Waals surface area contributed by atoms with Crippen molar-refractivity contribution in [2.45, 2.75) is 44.8 Å². The van der Waals surface area contributed by atoms with E-state index in [9.17, 15) is 5.26 Å². The van der Waals surface area contributed by atoms with Gasteiger partial charge in [0, 0.05) is 62.4 Å². The number of aromatic nitrogens is 6. The van der Waals surface area contributed by atoms with Crippen molar-refractivity contribution in [1.29, 1.82) is 5.26 Å². The molecule has 0 saturated carbocycles. The lowest BCUT2D eigenvalue weighted by Gasteiger charge is -2.51. The largest absolute Gasteiger partial charge is 0.381 e. The standard InChI is InChI=1S/C30H35N9O2/c1-20(2)38-14-24(12-33-38)27-17-39-30(23(9-31)11-34-39)29(35-27)22-3-4-28(32-10-22)36-15-25-18-41-19-26(16-36)37(25)13-21-5-7-40-8-6-21/h3-4,10-12,14,17,20-21,25-26H,5-8,13,15-16,18-19H2,1-2H3. The fraction of sp³-hybridized carbons (Fsp3) is 0.500. The Bertz CT molecular complexity index is 1550. The van der Waals surface area contributed by atoms with Gasteiger partial charge in [-0.25, -0.2) is 14.5 Å². The molecule has 0 spiro atoms. The summed E-state index contributed by atoms with van der Waals surface area (Å²) in [5.74, 6) is 1.66. The van der Waals surface area contributed by atoms with Gasteiger partial charge in [-0.15, -0.1) is 0 Å². The molecule has 0 radical (unpaired) electrons. The van der Waals surface area contributed by atoms with E-state index in [0.717, 1.165) is 81.5 Å². The third-order valence-electron chi connectivity index (χ3n) is 8.62. The molecule has 2 bridgehead atoms. The molecule has 11 heteroatoms. The van der Waals surface area contributed by atoms with Crippen LogP contribution in [0, 0.1) is 17.2 Å². The van der Waals surface area contributed by atoms with Crippen LogP contribution in [0.2, 0.25) is 0 Å². The highest BCUT2D eigenvalue weighted by atomic mass is 16.5. The summed E-state index contributed by atoms with van der Waals surface area (Å²) in [7, 11) is 0. The lowest BCUT2D eigenvalue weighted by Crippen LogP contribution is -2.65. The number of piperazine rings is 1. The van der Waals surface area contributed by atoms with Gasteiger partial charge >= 0.3 is 0 Å². The van der Waals surface area contributed by atoms with Crippen molar-refractivity contribution < 1.29 is 9.47 Å². The Hall–Kier alpha value is -3.85. The van der Waals surface area contributed by atoms with E-state index in [1.54, 1.807) is 10.7 Å². The van der Waals surface area contributed by atoms with Gasteiger partial charge in [-0.3, -0.25) is 9.58 Å². The quantitative estimate of drug-likeness (QED) is 0.355. The van der Waals surface area contributed by atoms with Gasteiger partial charge in [0.2, 0.25) is 0 Å². The van der Waals surface area contributed by atoms with Crippen LogP contribution in [0.25, 0.3) is 28.0 Å². The van der Waals surface area contributed by atoms with Crippen LogP contribution in [0.5, 0.6) is 0 Å². The second-order valence-corrected chi connectivity index (χ2v) is 11.6. The van der Waals surface area contributed by atoms with E-state index >= 15 is 0 Å². The van der Waals surface area contributed by atoms with Gasteiger partial charge in [0.05, 0.1) is 55.3 Å². The van der Waals surface area contributed by atoms with Crippen molar-refractivity contribution in [2.24, 2.45) is 5.92 Å². The molecular formula is C30H35N9O2. The van der Waals surface area contributed by atoms with Crippen LogP contribution >= 0.6 is 0 Å². The monoisotopic (exact) mass is 553 g/mol. The van der Waals surface area contributed by atoms with Gasteiger partial charge in [-0.05, 0) is 44.7 Å². The molecule has 3 aliphatic heterocycles. The van der Waals surface area contributed by atoms with E-state index in [1.807, 2.05) is 29.5 Å². The average molecular weight is 554 g/mol. The molecular weight excluding hydrogens is 518 g/mol. The van der Waals surface area contributed by atoms with E-state index < -0.39 is 0 Å². The molecule has 2 unspecified atom stereocenters. The fourth-order valence-electron chi connectivity index (χ4n) is 6.34. The molecule has 4 aromatic heterocycles. The highest BCUT2D eigenvalue weighted by molar-refractivity contribution is 5.83. The first-order valence-corrected chi connectivity index (χ1v) is 14.5. The summed E-state index contributed by atoms with van der Waals surface area (Å²) >= 11 is 0. The van der Waals surface area contributed by atoms with Crippen molar-refractivity contribution in [2.75, 3.05) is 51.0 Å². The molecule has 0 aromatic carbocycles. The summed E-state index contributed by atoms with van der Waals surface area (Å²) in [5.41, 5.74) is 4.32. The SMILES string of the molecule is CC(C)n1cc(-c2cn3ncc(C#N)c3c(-c3ccc(N4CC5COCC(C4)N5CC4CCOCC4)nc3)n2)cn1. The maximum Gasteiger partial charge on any atom is 0.128 e. The van der Waals surface area contributed by atoms with Gasteiger partial charge in [0.15, 0.2) is 0 Å². The number of fused-ring (bicyclic) bond motifs is 3. The molecule has 3 fully saturated rings. The second-order valence-electron chi connectivity index (χ2n) is 11.6. The average Bonchev–Trinajstić information content (AvgIpc) is 3.65. The zero-order valence-corrected chi connectivity index (χ0v) is 23.6. The number of ether oxygens (including phenoxy) is 2. The molecule has 3 saturated heterocycles. The van der Waals surface area contributed by atoms with E-state index in [2.05, 4.69) is 52.0 Å². The fourth-order valence-corrected chi connectivity index (χ4v) is 6.34. The zero-order valence-electron chi connectivity index (χ0n) is 23.6. The molecule has 7 rings (SSSR count). The van der Waals surface area contributed by atoms with Gasteiger partial charge in [0.25, 0.3) is 0 Å². The first kappa shape index (κ1) is 26.1. The molecule has 3 aliphatic rings. The number of morpholine rings is 1. The summed E-state index contributed by atoms with van der Waals surface area (Å²) in [5, 5.41) is 18.7. The molecule has 7 heterocycles. The van der Waals surface area contributed by atoms with E-state index in [4.69, 9.17) is 19.4 Å².